The van der Waals surface area contributed by atoms with Gasteiger partial charge in [0, 0.05) is 13.2 Å². The van der Waals surface area contributed by atoms with Gasteiger partial charge in [-0.3, -0.25) is 9.59 Å². The molecule has 2 bridgehead atoms. The van der Waals surface area contributed by atoms with Crippen molar-refractivity contribution in [2.24, 2.45) is 23.7 Å². The maximum absolute atomic E-state index is 13.6. The number of allylic oxidation sites excluding steroid dienone is 1. The van der Waals surface area contributed by atoms with Crippen LogP contribution in [0, 0.1) is 23.7 Å². The van der Waals surface area contributed by atoms with E-state index in [4.69, 9.17) is 19.4 Å². The first-order valence-corrected chi connectivity index (χ1v) is 14.9. The van der Waals surface area contributed by atoms with Crippen molar-refractivity contribution < 1.29 is 39.5 Å². The number of amides is 1. The van der Waals surface area contributed by atoms with Gasteiger partial charge in [0.1, 0.15) is 35.9 Å². The third kappa shape index (κ3) is 7.93. The fourth-order valence-corrected chi connectivity index (χ4v) is 7.31. The molecular formula is C27H46N2O8S. The minimum Gasteiger partial charge on any atom is -0.483 e. The second-order valence-corrected chi connectivity index (χ2v) is 12.6. The first-order chi connectivity index (χ1) is 18.2. The molecular weight excluding hydrogens is 512 g/mol. The summed E-state index contributed by atoms with van der Waals surface area (Å²) < 4.78 is 12.4. The van der Waals surface area contributed by atoms with Crippen molar-refractivity contribution in [1.29, 1.82) is 0 Å². The lowest BCUT2D eigenvalue weighted by molar-refractivity contribution is -0.207. The molecule has 10 nitrogen and oxygen atoms in total. The van der Waals surface area contributed by atoms with Crippen LogP contribution in [-0.2, 0) is 19.1 Å². The first-order valence-electron chi connectivity index (χ1n) is 13.9. The molecule has 0 aromatic rings. The number of fused-ring (bicyclic) bond motifs is 3. The quantitative estimate of drug-likeness (QED) is 0.218. The summed E-state index contributed by atoms with van der Waals surface area (Å²) in [5, 5.41) is 45.3. The van der Waals surface area contributed by atoms with Crippen LogP contribution in [0.15, 0.2) is 12.2 Å². The lowest BCUT2D eigenvalue weighted by Crippen LogP contribution is -2.65. The Kier molecular flexibility index (Phi) is 12.3. The predicted octanol–water partition coefficient (Wildman–Crippen LogP) is 1.13. The molecule has 4 aliphatic heterocycles. The monoisotopic (exact) mass is 558 g/mol. The van der Waals surface area contributed by atoms with Crippen LogP contribution in [0.25, 0.3) is 0 Å². The van der Waals surface area contributed by atoms with Crippen LogP contribution in [-0.4, -0.2) is 99.7 Å². The van der Waals surface area contributed by atoms with Crippen LogP contribution in [0.3, 0.4) is 0 Å². The number of thioether (sulfide) groups is 1. The van der Waals surface area contributed by atoms with Gasteiger partial charge in [-0.05, 0) is 61.5 Å². The zero-order valence-electron chi connectivity index (χ0n) is 22.6. The summed E-state index contributed by atoms with van der Waals surface area (Å²) in [7, 11) is 0. The molecule has 0 aromatic carbocycles. The van der Waals surface area contributed by atoms with Gasteiger partial charge in [0.15, 0.2) is 0 Å². The van der Waals surface area contributed by atoms with Gasteiger partial charge in [0.05, 0.1) is 12.1 Å². The number of carbonyl (C=O) groups is 2. The zero-order valence-corrected chi connectivity index (χ0v) is 23.5. The fourth-order valence-electron chi connectivity index (χ4n) is 6.18. The minimum absolute atomic E-state index is 0.132. The molecule has 0 aromatic heterocycles. The Labute approximate surface area is 229 Å². The molecule has 1 amide bonds. The SMILES string of the molecule is CC(C)C[C@@H]1CCO[C@@H]2[C@H](CN[C@@H]2C(=O)N[C@H]2[C@H]3O[C@H](SCCC/C=C/[C@H]2C)[C@H](O)[C@@H](O)[C@H]3O)C1.O=CO. The average Bonchev–Trinajstić information content (AvgIpc) is 3.14. The van der Waals surface area contributed by atoms with Crippen molar-refractivity contribution in [1.82, 2.24) is 10.6 Å². The Morgan fingerprint density at radius 3 is 2.66 bits per heavy atom. The van der Waals surface area contributed by atoms with Crippen molar-refractivity contribution in [3.05, 3.63) is 12.2 Å². The van der Waals surface area contributed by atoms with E-state index < -0.39 is 41.9 Å². The summed E-state index contributed by atoms with van der Waals surface area (Å²) in [6, 6.07) is -1.02. The molecule has 4 heterocycles. The molecule has 0 unspecified atom stereocenters. The highest BCUT2D eigenvalue weighted by atomic mass is 32.2. The van der Waals surface area contributed by atoms with Gasteiger partial charge in [-0.2, -0.15) is 0 Å². The van der Waals surface area contributed by atoms with E-state index >= 15 is 0 Å². The van der Waals surface area contributed by atoms with Crippen LogP contribution in [0.2, 0.25) is 0 Å². The third-order valence-corrected chi connectivity index (χ3v) is 9.27. The number of nitrogens with one attached hydrogen (secondary N) is 2. The van der Waals surface area contributed by atoms with Crippen LogP contribution >= 0.6 is 11.8 Å². The van der Waals surface area contributed by atoms with Gasteiger partial charge in [-0.25, -0.2) is 0 Å². The minimum atomic E-state index is -1.33. The summed E-state index contributed by atoms with van der Waals surface area (Å²) in [6.07, 6.45) is 4.41. The number of ether oxygens (including phenoxy) is 2. The van der Waals surface area contributed by atoms with E-state index in [1.807, 2.05) is 13.0 Å². The van der Waals surface area contributed by atoms with Crippen LogP contribution in [0.5, 0.6) is 0 Å². The molecule has 0 aliphatic carbocycles. The largest absolute Gasteiger partial charge is 0.483 e. The lowest BCUT2D eigenvalue weighted by Gasteiger charge is -2.44. The first kappa shape index (κ1) is 31.3. The summed E-state index contributed by atoms with van der Waals surface area (Å²) >= 11 is 1.44. The molecule has 3 saturated heterocycles. The molecule has 4 aliphatic rings. The van der Waals surface area contributed by atoms with Crippen molar-refractivity contribution in [3.8, 4) is 0 Å². The van der Waals surface area contributed by atoms with Crippen molar-refractivity contribution in [2.75, 3.05) is 18.9 Å². The molecule has 0 radical (unpaired) electrons. The Bertz CT molecular complexity index is 786. The molecule has 0 saturated carbocycles. The topological polar surface area (TPSA) is 158 Å². The van der Waals surface area contributed by atoms with E-state index in [1.165, 1.54) is 18.2 Å². The van der Waals surface area contributed by atoms with Gasteiger partial charge >= 0.3 is 0 Å². The maximum Gasteiger partial charge on any atom is 0.290 e. The summed E-state index contributed by atoms with van der Waals surface area (Å²) in [6.45, 7) is 7.66. The van der Waals surface area contributed by atoms with Gasteiger partial charge in [-0.15, -0.1) is 11.8 Å². The van der Waals surface area contributed by atoms with Gasteiger partial charge < -0.3 is 40.5 Å². The number of aliphatic hydroxyl groups is 3. The van der Waals surface area contributed by atoms with E-state index in [1.54, 1.807) is 0 Å². The standard InChI is InChI=1S/C26H44N2O6S.CH2O2/c1-14(2)11-16-8-9-33-23-17(12-16)13-27-19(23)25(32)28-18-15(3)7-5-4-6-10-35-26-22(31)20(29)21(30)24(18)34-26;2-1-3/h5,7,14-24,26-27,29-31H,4,6,8-13H2,1-3H3,(H,28,32);1H,(H,2,3)/b7-5+;/t15-,16+,17+,18-,19+,20+,21-,22-,23-,24-,26-;/m1./s1. The Morgan fingerprint density at radius 2 is 1.95 bits per heavy atom. The van der Waals surface area contributed by atoms with E-state index in [9.17, 15) is 20.1 Å². The molecule has 38 heavy (non-hydrogen) atoms. The Morgan fingerprint density at radius 1 is 1.21 bits per heavy atom. The van der Waals surface area contributed by atoms with Crippen LogP contribution < -0.4 is 10.6 Å². The highest BCUT2D eigenvalue weighted by Gasteiger charge is 2.49. The maximum atomic E-state index is 13.6. The zero-order chi connectivity index (χ0) is 27.8. The molecule has 4 rings (SSSR count). The Hall–Kier alpha value is -1.21. The summed E-state index contributed by atoms with van der Waals surface area (Å²) in [5.74, 6) is 2.05. The van der Waals surface area contributed by atoms with E-state index in [-0.39, 0.29) is 24.4 Å². The van der Waals surface area contributed by atoms with Gasteiger partial charge in [-0.1, -0.05) is 32.9 Å². The summed E-state index contributed by atoms with van der Waals surface area (Å²) in [5.41, 5.74) is -0.653. The number of hydrogen-bond acceptors (Lipinski definition) is 9. The van der Waals surface area contributed by atoms with Crippen LogP contribution in [0.1, 0.15) is 52.9 Å². The number of aliphatic hydroxyl groups excluding tert-OH is 3. The molecule has 0 spiro atoms. The van der Waals surface area contributed by atoms with Gasteiger partial charge in [0.2, 0.25) is 5.91 Å². The molecule has 218 valence electrons. The van der Waals surface area contributed by atoms with E-state index in [0.717, 1.165) is 38.0 Å². The Balaban J connectivity index is 0.00000127. The lowest BCUT2D eigenvalue weighted by atomic mass is 9.85. The number of rotatable bonds is 4. The average molecular weight is 559 g/mol. The predicted molar refractivity (Wildman–Crippen MR) is 145 cm³/mol. The highest BCUT2D eigenvalue weighted by molar-refractivity contribution is 7.99. The smallest absolute Gasteiger partial charge is 0.290 e. The number of carboxylic acid groups (broad SMARTS) is 1. The number of carbonyl (C=O) groups excluding carboxylic acids is 1. The third-order valence-electron chi connectivity index (χ3n) is 8.03. The molecule has 3 fully saturated rings. The molecule has 11 heteroatoms. The van der Waals surface area contributed by atoms with E-state index in [2.05, 4.69) is 30.6 Å². The summed E-state index contributed by atoms with van der Waals surface area (Å²) in [4.78, 5) is 21.9. The molecule has 6 N–H and O–H groups in total. The normalized spacial score (nSPS) is 42.4. The van der Waals surface area contributed by atoms with Crippen molar-refractivity contribution in [3.63, 3.8) is 0 Å². The van der Waals surface area contributed by atoms with Crippen LogP contribution in [0.4, 0.5) is 0 Å². The highest BCUT2D eigenvalue weighted by Crippen LogP contribution is 2.35. The van der Waals surface area contributed by atoms with Crippen molar-refractivity contribution in [2.45, 2.75) is 101 Å². The molecule has 11 atom stereocenters. The fraction of sp³-hybridized carbons (Fsp3) is 0.852. The second kappa shape index (κ2) is 15.0. The van der Waals surface area contributed by atoms with Crippen molar-refractivity contribution >= 4 is 24.1 Å². The number of hydrogen-bond donors (Lipinski definition) is 6. The van der Waals surface area contributed by atoms with E-state index in [0.29, 0.717) is 24.4 Å². The second-order valence-electron chi connectivity index (χ2n) is 11.4. The van der Waals surface area contributed by atoms with Gasteiger partial charge in [0.25, 0.3) is 6.47 Å².